The maximum Gasteiger partial charge on any atom is 0.238 e. The molecule has 3 aromatic rings. The fourth-order valence-corrected chi connectivity index (χ4v) is 3.44. The highest BCUT2D eigenvalue weighted by Gasteiger charge is 2.18. The quantitative estimate of drug-likeness (QED) is 0.560. The first-order valence-electron chi connectivity index (χ1n) is 7.80. The molecule has 0 spiro atoms. The molecule has 1 heterocycles. The van der Waals surface area contributed by atoms with Crippen LogP contribution in [0.4, 0.5) is 5.69 Å². The zero-order valence-corrected chi connectivity index (χ0v) is 15.8. The van der Waals surface area contributed by atoms with Gasteiger partial charge in [-0.3, -0.25) is 10.1 Å². The van der Waals surface area contributed by atoms with Gasteiger partial charge in [-0.2, -0.15) is 0 Å². The molecule has 7 heteroatoms. The van der Waals surface area contributed by atoms with Crippen LogP contribution in [-0.2, 0) is 4.79 Å². The van der Waals surface area contributed by atoms with Crippen molar-refractivity contribution in [2.45, 2.75) is 6.04 Å². The fraction of sp³-hybridized carbons (Fsp3) is 0.105. The Morgan fingerprint density at radius 3 is 2.31 bits per heavy atom. The summed E-state index contributed by atoms with van der Waals surface area (Å²) in [4.78, 5) is 12.4. The second kappa shape index (κ2) is 8.60. The third-order valence-electron chi connectivity index (χ3n) is 3.70. The summed E-state index contributed by atoms with van der Waals surface area (Å²) in [5.74, 6) is 0.426. The van der Waals surface area contributed by atoms with Gasteiger partial charge in [0.1, 0.15) is 5.76 Å². The summed E-state index contributed by atoms with van der Waals surface area (Å²) in [5.41, 5.74) is 1.32. The van der Waals surface area contributed by atoms with Gasteiger partial charge in [0, 0.05) is 5.02 Å². The van der Waals surface area contributed by atoms with Gasteiger partial charge in [0.2, 0.25) is 5.91 Å². The SMILES string of the molecule is O=C(CN[C@H](c1ccccc1)c1ccco1)Nc1c(Cl)cc(Cl)cc1Cl. The highest BCUT2D eigenvalue weighted by molar-refractivity contribution is 6.42. The zero-order chi connectivity index (χ0) is 18.5. The van der Waals surface area contributed by atoms with Crippen molar-refractivity contribution in [3.8, 4) is 0 Å². The Morgan fingerprint density at radius 2 is 1.69 bits per heavy atom. The molecule has 1 amide bonds. The van der Waals surface area contributed by atoms with Crippen molar-refractivity contribution in [2.24, 2.45) is 0 Å². The van der Waals surface area contributed by atoms with Crippen LogP contribution in [0.25, 0.3) is 0 Å². The van der Waals surface area contributed by atoms with E-state index in [2.05, 4.69) is 10.6 Å². The lowest BCUT2D eigenvalue weighted by Gasteiger charge is -2.17. The average molecular weight is 410 g/mol. The number of furan rings is 1. The minimum absolute atomic E-state index is 0.0372. The first-order valence-corrected chi connectivity index (χ1v) is 8.94. The molecule has 0 saturated carbocycles. The van der Waals surface area contributed by atoms with Crippen LogP contribution in [0.15, 0.2) is 65.3 Å². The summed E-state index contributed by atoms with van der Waals surface area (Å²) >= 11 is 18.1. The van der Waals surface area contributed by atoms with Crippen molar-refractivity contribution in [3.05, 3.63) is 87.3 Å². The van der Waals surface area contributed by atoms with Crippen molar-refractivity contribution in [1.29, 1.82) is 0 Å². The van der Waals surface area contributed by atoms with E-state index in [1.165, 1.54) is 12.1 Å². The third-order valence-corrected chi connectivity index (χ3v) is 4.51. The summed E-state index contributed by atoms with van der Waals surface area (Å²) in [5, 5.41) is 6.85. The molecule has 2 aromatic carbocycles. The second-order valence-electron chi connectivity index (χ2n) is 5.53. The van der Waals surface area contributed by atoms with Crippen LogP contribution in [0.2, 0.25) is 15.1 Å². The van der Waals surface area contributed by atoms with Crippen LogP contribution >= 0.6 is 34.8 Å². The monoisotopic (exact) mass is 408 g/mol. The van der Waals surface area contributed by atoms with Crippen LogP contribution < -0.4 is 10.6 Å². The Hall–Kier alpha value is -1.98. The topological polar surface area (TPSA) is 54.3 Å². The summed E-state index contributed by atoms with van der Waals surface area (Å²) in [6.07, 6.45) is 1.60. The molecule has 26 heavy (non-hydrogen) atoms. The molecule has 0 aliphatic heterocycles. The molecule has 2 N–H and O–H groups in total. The summed E-state index contributed by atoms with van der Waals surface area (Å²) in [6, 6.07) is 16.2. The van der Waals surface area contributed by atoms with Crippen LogP contribution in [0.1, 0.15) is 17.4 Å². The smallest absolute Gasteiger partial charge is 0.238 e. The number of hydrogen-bond acceptors (Lipinski definition) is 3. The molecular formula is C19H15Cl3N2O2. The van der Waals surface area contributed by atoms with Crippen molar-refractivity contribution in [1.82, 2.24) is 5.32 Å². The minimum Gasteiger partial charge on any atom is -0.467 e. The van der Waals surface area contributed by atoms with Gasteiger partial charge in [-0.05, 0) is 29.8 Å². The van der Waals surface area contributed by atoms with E-state index in [9.17, 15) is 4.79 Å². The number of halogens is 3. The van der Waals surface area contributed by atoms with Crippen LogP contribution in [0.5, 0.6) is 0 Å². The lowest BCUT2D eigenvalue weighted by atomic mass is 10.0. The summed E-state index contributed by atoms with van der Waals surface area (Å²) < 4.78 is 5.50. The zero-order valence-electron chi connectivity index (χ0n) is 13.5. The predicted molar refractivity (Wildman–Crippen MR) is 105 cm³/mol. The van der Waals surface area contributed by atoms with Crippen molar-refractivity contribution in [2.75, 3.05) is 11.9 Å². The van der Waals surface area contributed by atoms with Gasteiger partial charge in [-0.15, -0.1) is 0 Å². The van der Waals surface area contributed by atoms with Gasteiger partial charge in [-0.25, -0.2) is 0 Å². The van der Waals surface area contributed by atoms with Gasteiger partial charge in [0.15, 0.2) is 0 Å². The molecule has 0 fully saturated rings. The number of benzene rings is 2. The Balaban J connectivity index is 1.71. The van der Waals surface area contributed by atoms with Gasteiger partial charge < -0.3 is 9.73 Å². The van der Waals surface area contributed by atoms with E-state index in [-0.39, 0.29) is 28.5 Å². The van der Waals surface area contributed by atoms with E-state index >= 15 is 0 Å². The summed E-state index contributed by atoms with van der Waals surface area (Å²) in [6.45, 7) is 0.0372. The van der Waals surface area contributed by atoms with Gasteiger partial charge in [0.25, 0.3) is 0 Å². The molecule has 0 aliphatic rings. The molecule has 0 radical (unpaired) electrons. The third kappa shape index (κ3) is 4.59. The highest BCUT2D eigenvalue weighted by Crippen LogP contribution is 2.33. The molecule has 134 valence electrons. The Kier molecular flexibility index (Phi) is 6.22. The molecule has 0 aliphatic carbocycles. The van der Waals surface area contributed by atoms with E-state index in [0.717, 1.165) is 5.56 Å². The highest BCUT2D eigenvalue weighted by atomic mass is 35.5. The largest absolute Gasteiger partial charge is 0.467 e. The Morgan fingerprint density at radius 1 is 1.00 bits per heavy atom. The molecule has 1 atom stereocenters. The standard InChI is InChI=1S/C19H15Cl3N2O2/c20-13-9-14(21)19(15(22)10-13)24-17(25)11-23-18(16-7-4-8-26-16)12-5-2-1-3-6-12/h1-10,18,23H,11H2,(H,24,25)/t18-/m1/s1. The first-order chi connectivity index (χ1) is 12.5. The van der Waals surface area contributed by atoms with Crippen LogP contribution in [-0.4, -0.2) is 12.5 Å². The molecule has 4 nitrogen and oxygen atoms in total. The van der Waals surface area contributed by atoms with E-state index in [4.69, 9.17) is 39.2 Å². The van der Waals surface area contributed by atoms with Crippen LogP contribution in [0.3, 0.4) is 0 Å². The van der Waals surface area contributed by atoms with Crippen molar-refractivity contribution < 1.29 is 9.21 Å². The first kappa shape index (κ1) is 18.8. The van der Waals surface area contributed by atoms with E-state index < -0.39 is 0 Å². The normalized spacial score (nSPS) is 12.0. The maximum absolute atomic E-state index is 12.4. The van der Waals surface area contributed by atoms with E-state index in [1.54, 1.807) is 12.3 Å². The maximum atomic E-state index is 12.4. The summed E-state index contributed by atoms with van der Waals surface area (Å²) in [7, 11) is 0. The second-order valence-corrected chi connectivity index (χ2v) is 6.78. The number of nitrogens with one attached hydrogen (secondary N) is 2. The lowest BCUT2D eigenvalue weighted by Crippen LogP contribution is -2.31. The number of rotatable bonds is 6. The predicted octanol–water partition coefficient (Wildman–Crippen LogP) is 5.56. The number of amides is 1. The van der Waals surface area contributed by atoms with Crippen LogP contribution in [0, 0.1) is 0 Å². The van der Waals surface area contributed by atoms with Crippen molar-refractivity contribution in [3.63, 3.8) is 0 Å². The molecule has 3 rings (SSSR count). The van der Waals surface area contributed by atoms with Gasteiger partial charge >= 0.3 is 0 Å². The van der Waals surface area contributed by atoms with Crippen molar-refractivity contribution >= 4 is 46.4 Å². The molecule has 1 aromatic heterocycles. The molecule has 0 bridgehead atoms. The number of carbonyl (C=O) groups is 1. The Bertz CT molecular complexity index is 860. The molecular weight excluding hydrogens is 395 g/mol. The number of carbonyl (C=O) groups excluding carboxylic acids is 1. The van der Waals surface area contributed by atoms with E-state index in [0.29, 0.717) is 16.5 Å². The minimum atomic E-state index is -0.288. The van der Waals surface area contributed by atoms with Gasteiger partial charge in [0.05, 0.1) is 34.6 Å². The lowest BCUT2D eigenvalue weighted by molar-refractivity contribution is -0.115. The number of hydrogen-bond donors (Lipinski definition) is 2. The molecule has 0 unspecified atom stereocenters. The Labute approximate surface area is 166 Å². The molecule has 0 saturated heterocycles. The van der Waals surface area contributed by atoms with E-state index in [1.807, 2.05) is 36.4 Å². The fourth-order valence-electron chi connectivity index (χ4n) is 2.52. The average Bonchev–Trinajstić information content (AvgIpc) is 3.13. The number of anilines is 1. The van der Waals surface area contributed by atoms with Gasteiger partial charge in [-0.1, -0.05) is 65.1 Å².